The van der Waals surface area contributed by atoms with E-state index in [0.29, 0.717) is 12.2 Å². The zero-order chi connectivity index (χ0) is 24.7. The van der Waals surface area contributed by atoms with Crippen molar-refractivity contribution in [3.8, 4) is 0 Å². The number of nitrogens with two attached hydrogens (primary N) is 1. The van der Waals surface area contributed by atoms with Gasteiger partial charge in [0.1, 0.15) is 24.1 Å². The van der Waals surface area contributed by atoms with Crippen LogP contribution in [0.2, 0.25) is 0 Å². The number of ether oxygens (including phenoxy) is 2. The topological polar surface area (TPSA) is 121 Å². The maximum absolute atomic E-state index is 12.0. The Morgan fingerprint density at radius 3 is 2.60 bits per heavy atom. The van der Waals surface area contributed by atoms with E-state index >= 15 is 0 Å². The largest absolute Gasteiger partial charge is 0.462 e. The first-order valence-electron chi connectivity index (χ1n) is 12.3. The van der Waals surface area contributed by atoms with Crippen LogP contribution in [-0.4, -0.2) is 53.0 Å². The van der Waals surface area contributed by atoms with Crippen molar-refractivity contribution in [2.24, 2.45) is 0 Å². The van der Waals surface area contributed by atoms with Crippen LogP contribution >= 0.6 is 11.8 Å². The number of nitrogens with one attached hydrogen (secondary N) is 2. The van der Waals surface area contributed by atoms with Gasteiger partial charge in [-0.1, -0.05) is 36.8 Å². The molecule has 1 aromatic carbocycles. The van der Waals surface area contributed by atoms with Crippen LogP contribution in [0.3, 0.4) is 0 Å². The monoisotopic (exact) mass is 503 g/mol. The number of nitrogen functional groups attached to an aromatic ring is 1. The molecule has 0 bridgehead atoms. The molecular formula is C25H37N5O4S. The van der Waals surface area contributed by atoms with Gasteiger partial charge in [0.05, 0.1) is 0 Å². The van der Waals surface area contributed by atoms with E-state index in [4.69, 9.17) is 15.2 Å². The highest BCUT2D eigenvalue weighted by molar-refractivity contribution is 8.00. The number of esters is 1. The molecule has 1 aliphatic heterocycles. The first-order valence-corrected chi connectivity index (χ1v) is 13.4. The minimum absolute atomic E-state index is 0.179. The molecule has 35 heavy (non-hydrogen) atoms. The lowest BCUT2D eigenvalue weighted by Gasteiger charge is -2.14. The van der Waals surface area contributed by atoms with Gasteiger partial charge < -0.3 is 25.8 Å². The molecule has 1 aromatic heterocycles. The van der Waals surface area contributed by atoms with E-state index in [-0.39, 0.29) is 23.8 Å². The molecule has 0 radical (unpaired) electrons. The van der Waals surface area contributed by atoms with Crippen LogP contribution in [0, 0.1) is 0 Å². The normalized spacial score (nSPS) is 17.5. The molecule has 3 rings (SSSR count). The van der Waals surface area contributed by atoms with Crippen LogP contribution in [0.1, 0.15) is 50.3 Å². The quantitative estimate of drug-likeness (QED) is 0.234. The number of unbranched alkanes of at least 4 members (excludes halogenated alkanes) is 3. The number of thioether (sulfide) groups is 1. The van der Waals surface area contributed by atoms with Gasteiger partial charge in [0.2, 0.25) is 0 Å². The van der Waals surface area contributed by atoms with Gasteiger partial charge in [-0.05, 0) is 56.9 Å². The van der Waals surface area contributed by atoms with Crippen molar-refractivity contribution in [1.29, 1.82) is 0 Å². The van der Waals surface area contributed by atoms with Crippen molar-refractivity contribution < 1.29 is 14.3 Å². The molecule has 0 saturated carbocycles. The highest BCUT2D eigenvalue weighted by Gasteiger charge is 2.29. The molecule has 2 atom stereocenters. The summed E-state index contributed by atoms with van der Waals surface area (Å²) in [6.45, 7) is 4.12. The van der Waals surface area contributed by atoms with E-state index in [1.807, 2.05) is 6.07 Å². The molecule has 10 heteroatoms. The van der Waals surface area contributed by atoms with Gasteiger partial charge in [0.25, 0.3) is 0 Å². The van der Waals surface area contributed by atoms with Crippen molar-refractivity contribution in [2.75, 3.05) is 37.7 Å². The van der Waals surface area contributed by atoms with Crippen molar-refractivity contribution in [1.82, 2.24) is 20.2 Å². The minimum Gasteiger partial charge on any atom is -0.462 e. The number of anilines is 1. The molecule has 9 nitrogen and oxygen atoms in total. The highest BCUT2D eigenvalue weighted by Crippen LogP contribution is 2.31. The summed E-state index contributed by atoms with van der Waals surface area (Å²) < 4.78 is 12.6. The van der Waals surface area contributed by atoms with Crippen LogP contribution < -0.4 is 22.1 Å². The fourth-order valence-electron chi connectivity index (χ4n) is 3.70. The smallest absolute Gasteiger partial charge is 0.351 e. The Bertz CT molecular complexity index is 943. The van der Waals surface area contributed by atoms with E-state index in [2.05, 4.69) is 39.9 Å². The Labute approximate surface area is 211 Å². The molecule has 0 spiro atoms. The number of hydrogen-bond acceptors (Lipinski definition) is 9. The summed E-state index contributed by atoms with van der Waals surface area (Å²) in [5.41, 5.74) is 6.10. The summed E-state index contributed by atoms with van der Waals surface area (Å²) in [6, 6.07) is 12.0. The van der Waals surface area contributed by atoms with Gasteiger partial charge in [-0.15, -0.1) is 11.8 Å². The maximum Gasteiger partial charge on any atom is 0.351 e. The average Bonchev–Trinajstić information content (AvgIpc) is 3.33. The Kier molecular flexibility index (Phi) is 12.1. The molecule has 0 amide bonds. The number of benzene rings is 1. The summed E-state index contributed by atoms with van der Waals surface area (Å²) in [5.74, 6) is 0.561. The van der Waals surface area contributed by atoms with Gasteiger partial charge in [-0.2, -0.15) is 4.98 Å². The summed E-state index contributed by atoms with van der Waals surface area (Å²) >= 11 is 1.51. The number of aromatic nitrogens is 2. The summed E-state index contributed by atoms with van der Waals surface area (Å²) in [5, 5.41) is 6.94. The first kappa shape index (κ1) is 27.2. The van der Waals surface area contributed by atoms with Crippen LogP contribution in [0.5, 0.6) is 0 Å². The Balaban J connectivity index is 1.11. The van der Waals surface area contributed by atoms with Gasteiger partial charge in [0.15, 0.2) is 0 Å². The zero-order valence-electron chi connectivity index (χ0n) is 20.2. The first-order chi connectivity index (χ1) is 17.1. The molecule has 1 aliphatic rings. The zero-order valence-corrected chi connectivity index (χ0v) is 21.0. The number of nitrogens with zero attached hydrogens (tertiary/aromatic N) is 2. The van der Waals surface area contributed by atoms with Crippen molar-refractivity contribution >= 4 is 23.5 Å². The molecule has 1 saturated heterocycles. The van der Waals surface area contributed by atoms with Crippen LogP contribution in [0.4, 0.5) is 5.82 Å². The molecule has 2 heterocycles. The molecule has 1 fully saturated rings. The lowest BCUT2D eigenvalue weighted by Crippen LogP contribution is -2.29. The fraction of sp³-hybridized carbons (Fsp3) is 0.560. The number of carbonyl (C=O) groups excluding carboxylic acids is 1. The molecule has 0 unspecified atom stereocenters. The van der Waals surface area contributed by atoms with E-state index in [1.54, 1.807) is 12.3 Å². The maximum atomic E-state index is 12.0. The Hall–Kier alpha value is -2.40. The second kappa shape index (κ2) is 15.6. The lowest BCUT2D eigenvalue weighted by molar-refractivity contribution is -0.147. The molecule has 192 valence electrons. The van der Waals surface area contributed by atoms with Crippen LogP contribution in [0.25, 0.3) is 0 Å². The molecule has 4 N–H and O–H groups in total. The number of rotatable bonds is 16. The lowest BCUT2D eigenvalue weighted by atomic mass is 10.2. The Morgan fingerprint density at radius 2 is 1.83 bits per heavy atom. The summed E-state index contributed by atoms with van der Waals surface area (Å²) in [4.78, 5) is 27.6. The van der Waals surface area contributed by atoms with Gasteiger partial charge in [0, 0.05) is 24.9 Å². The highest BCUT2D eigenvalue weighted by atomic mass is 32.2. The summed E-state index contributed by atoms with van der Waals surface area (Å²) in [6.07, 6.45) is 6.72. The van der Waals surface area contributed by atoms with Crippen LogP contribution in [0.15, 0.2) is 47.4 Å². The standard InChI is InChI=1S/C25H37N5O4S/c26-21-12-16-30(25(32)29-21)22-19-35-24(34-22)18-33-23(31)11-5-2-6-13-27-14-7-8-15-28-17-20-9-3-1-4-10-20/h1,3-4,9-10,12,16,22,24,27-28H,2,5-8,11,13-15,17-19H2,(H2,26,29,32)/t22-,24+/m1/s1. The number of hydrogen-bond donors (Lipinski definition) is 3. The van der Waals surface area contributed by atoms with E-state index in [0.717, 1.165) is 58.3 Å². The average molecular weight is 504 g/mol. The van der Waals surface area contributed by atoms with E-state index < -0.39 is 11.9 Å². The van der Waals surface area contributed by atoms with E-state index in [9.17, 15) is 9.59 Å². The minimum atomic E-state index is -0.446. The molecule has 2 aromatic rings. The van der Waals surface area contributed by atoms with Crippen molar-refractivity contribution in [3.05, 3.63) is 58.6 Å². The third-order valence-electron chi connectivity index (χ3n) is 5.64. The second-order valence-electron chi connectivity index (χ2n) is 8.51. The van der Waals surface area contributed by atoms with Crippen molar-refractivity contribution in [2.45, 2.75) is 56.7 Å². The third-order valence-corrected chi connectivity index (χ3v) is 6.74. The fourth-order valence-corrected chi connectivity index (χ4v) is 4.69. The molecule has 0 aliphatic carbocycles. The predicted molar refractivity (Wildman–Crippen MR) is 139 cm³/mol. The molecular weight excluding hydrogens is 466 g/mol. The van der Waals surface area contributed by atoms with E-state index in [1.165, 1.54) is 21.9 Å². The third kappa shape index (κ3) is 10.4. The van der Waals surface area contributed by atoms with Gasteiger partial charge in [-0.25, -0.2) is 4.79 Å². The van der Waals surface area contributed by atoms with Crippen LogP contribution in [-0.2, 0) is 20.8 Å². The number of carbonyl (C=O) groups is 1. The van der Waals surface area contributed by atoms with Gasteiger partial charge >= 0.3 is 11.7 Å². The SMILES string of the molecule is Nc1ccn([C@H]2CS[C@@H](COC(=O)CCCCCNCCCCNCc3ccccc3)O2)c(=O)n1. The summed E-state index contributed by atoms with van der Waals surface area (Å²) in [7, 11) is 0. The Morgan fingerprint density at radius 1 is 1.09 bits per heavy atom. The van der Waals surface area contributed by atoms with Gasteiger partial charge in [-0.3, -0.25) is 9.36 Å². The second-order valence-corrected chi connectivity index (χ2v) is 9.70. The van der Waals surface area contributed by atoms with Crippen molar-refractivity contribution in [3.63, 3.8) is 0 Å². The predicted octanol–water partition coefficient (Wildman–Crippen LogP) is 2.68.